The van der Waals surface area contributed by atoms with Crippen molar-refractivity contribution in [2.45, 2.75) is 45.6 Å². The van der Waals surface area contributed by atoms with E-state index in [-0.39, 0.29) is 0 Å². The molecular weight excluding hydrogens is 400 g/mol. The zero-order chi connectivity index (χ0) is 22.2. The number of imidazole rings is 1. The number of hydrogen-bond acceptors (Lipinski definition) is 5. The van der Waals surface area contributed by atoms with Crippen LogP contribution in [0.2, 0.25) is 0 Å². The third-order valence-electron chi connectivity index (χ3n) is 6.17. The van der Waals surface area contributed by atoms with Crippen molar-refractivity contribution in [2.75, 3.05) is 5.32 Å². The van der Waals surface area contributed by atoms with Gasteiger partial charge in [0.1, 0.15) is 17.2 Å². The number of nitrogens with one attached hydrogen (secondary N) is 1. The fourth-order valence-corrected chi connectivity index (χ4v) is 4.61. The number of carbonyl (C=O) groups excluding carboxylic acids is 1. The van der Waals surface area contributed by atoms with Crippen molar-refractivity contribution in [2.24, 2.45) is 5.73 Å². The standard InChI is InChI=1S/C25H26N6O/c1-15-8-6-12-19-20(15)23(27-14-17-9-4-3-5-10-17)30-24(29-19)21-16(2)28-25-18(22(26)32)11-7-13-31(21)25/h3-5,7,9-11,13,15H,6,8,12,14H2,1-2H3,(H2,26,32)(H,27,29,30). The third-order valence-corrected chi connectivity index (χ3v) is 6.17. The summed E-state index contributed by atoms with van der Waals surface area (Å²) >= 11 is 0. The van der Waals surface area contributed by atoms with Crippen molar-refractivity contribution in [3.63, 3.8) is 0 Å². The molecule has 0 spiro atoms. The molecule has 0 aliphatic heterocycles. The summed E-state index contributed by atoms with van der Waals surface area (Å²) < 4.78 is 1.87. The van der Waals surface area contributed by atoms with Gasteiger partial charge in [0.15, 0.2) is 5.82 Å². The molecule has 7 heteroatoms. The van der Waals surface area contributed by atoms with Gasteiger partial charge in [-0.2, -0.15) is 0 Å². The molecule has 4 aromatic rings. The highest BCUT2D eigenvalue weighted by Gasteiger charge is 2.26. The van der Waals surface area contributed by atoms with Crippen molar-refractivity contribution in [3.8, 4) is 11.5 Å². The van der Waals surface area contributed by atoms with Gasteiger partial charge >= 0.3 is 0 Å². The lowest BCUT2D eigenvalue weighted by atomic mass is 9.87. The van der Waals surface area contributed by atoms with Crippen LogP contribution in [0.25, 0.3) is 17.2 Å². The van der Waals surface area contributed by atoms with Crippen LogP contribution in [-0.4, -0.2) is 25.3 Å². The SMILES string of the molecule is Cc1nc2c(C(N)=O)cccn2c1-c1nc2c(c(NCc3ccccc3)n1)C(C)CCC2. The molecule has 1 aliphatic rings. The molecule has 7 nitrogen and oxygen atoms in total. The lowest BCUT2D eigenvalue weighted by molar-refractivity contribution is 0.100. The molecule has 0 fully saturated rings. The Balaban J connectivity index is 1.65. The number of hydrogen-bond donors (Lipinski definition) is 2. The molecule has 1 aliphatic carbocycles. The number of nitrogens with zero attached hydrogens (tertiary/aromatic N) is 4. The van der Waals surface area contributed by atoms with Crippen LogP contribution in [0.4, 0.5) is 5.82 Å². The Morgan fingerprint density at radius 1 is 1.16 bits per heavy atom. The Morgan fingerprint density at radius 2 is 1.97 bits per heavy atom. The van der Waals surface area contributed by atoms with E-state index in [4.69, 9.17) is 15.7 Å². The van der Waals surface area contributed by atoms with Gasteiger partial charge in [0.05, 0.1) is 17.0 Å². The minimum absolute atomic E-state index is 0.385. The summed E-state index contributed by atoms with van der Waals surface area (Å²) in [5, 5.41) is 3.56. The molecule has 1 amide bonds. The first-order chi connectivity index (χ1) is 15.5. The van der Waals surface area contributed by atoms with Crippen molar-refractivity contribution < 1.29 is 4.79 Å². The maximum atomic E-state index is 11.9. The highest BCUT2D eigenvalue weighted by Crippen LogP contribution is 2.37. The van der Waals surface area contributed by atoms with Crippen LogP contribution in [0, 0.1) is 6.92 Å². The summed E-state index contributed by atoms with van der Waals surface area (Å²) in [6.07, 6.45) is 5.05. The summed E-state index contributed by atoms with van der Waals surface area (Å²) in [6, 6.07) is 13.8. The van der Waals surface area contributed by atoms with E-state index in [0.717, 1.165) is 42.2 Å². The van der Waals surface area contributed by atoms with Gasteiger partial charge in [0, 0.05) is 18.3 Å². The number of fused-ring (bicyclic) bond motifs is 2. The van der Waals surface area contributed by atoms with E-state index in [1.54, 1.807) is 12.1 Å². The molecule has 162 valence electrons. The molecule has 0 bridgehead atoms. The molecular formula is C25H26N6O. The Kier molecular flexibility index (Phi) is 5.09. The van der Waals surface area contributed by atoms with E-state index in [1.807, 2.05) is 35.7 Å². The summed E-state index contributed by atoms with van der Waals surface area (Å²) in [6.45, 7) is 4.84. The number of aryl methyl sites for hydroxylation is 2. The number of pyridine rings is 1. The Hall–Kier alpha value is -3.74. The van der Waals surface area contributed by atoms with Gasteiger partial charge < -0.3 is 11.1 Å². The van der Waals surface area contributed by atoms with Gasteiger partial charge in [-0.15, -0.1) is 0 Å². The van der Waals surface area contributed by atoms with Crippen LogP contribution >= 0.6 is 0 Å². The van der Waals surface area contributed by atoms with Crippen molar-refractivity contribution in [1.29, 1.82) is 0 Å². The van der Waals surface area contributed by atoms with Crippen LogP contribution < -0.4 is 11.1 Å². The molecule has 32 heavy (non-hydrogen) atoms. The van der Waals surface area contributed by atoms with E-state index in [2.05, 4.69) is 29.4 Å². The van der Waals surface area contributed by atoms with E-state index in [9.17, 15) is 4.79 Å². The van der Waals surface area contributed by atoms with Crippen molar-refractivity contribution >= 4 is 17.4 Å². The maximum absolute atomic E-state index is 11.9. The molecule has 0 saturated carbocycles. The summed E-state index contributed by atoms with van der Waals surface area (Å²) in [5.74, 6) is 1.38. The minimum Gasteiger partial charge on any atom is -0.366 e. The van der Waals surface area contributed by atoms with Gasteiger partial charge in [-0.05, 0) is 49.8 Å². The van der Waals surface area contributed by atoms with Gasteiger partial charge in [0.25, 0.3) is 5.91 Å². The number of carbonyl (C=O) groups is 1. The number of benzene rings is 1. The normalized spacial score (nSPS) is 15.5. The highest BCUT2D eigenvalue weighted by atomic mass is 16.1. The van der Waals surface area contributed by atoms with Crippen LogP contribution in [0.1, 0.15) is 58.6 Å². The topological polar surface area (TPSA) is 98.2 Å². The Morgan fingerprint density at radius 3 is 2.75 bits per heavy atom. The van der Waals surface area contributed by atoms with Crippen LogP contribution in [-0.2, 0) is 13.0 Å². The summed E-state index contributed by atoms with van der Waals surface area (Å²) in [7, 11) is 0. The molecule has 5 rings (SSSR count). The van der Waals surface area contributed by atoms with Gasteiger partial charge in [-0.3, -0.25) is 9.20 Å². The largest absolute Gasteiger partial charge is 0.366 e. The number of aromatic nitrogens is 4. The van der Waals surface area contributed by atoms with Gasteiger partial charge in [0.2, 0.25) is 0 Å². The predicted octanol–water partition coefficient (Wildman–Crippen LogP) is 4.25. The fraction of sp³-hybridized carbons (Fsp3) is 0.280. The number of primary amides is 1. The molecule has 0 saturated heterocycles. The molecule has 1 unspecified atom stereocenters. The average Bonchev–Trinajstić information content (AvgIpc) is 3.13. The van der Waals surface area contributed by atoms with Gasteiger partial charge in [-0.1, -0.05) is 37.3 Å². The molecule has 0 radical (unpaired) electrons. The molecule has 1 atom stereocenters. The number of nitrogens with two attached hydrogens (primary N) is 1. The van der Waals surface area contributed by atoms with E-state index >= 15 is 0 Å². The lowest BCUT2D eigenvalue weighted by Crippen LogP contribution is -2.16. The molecule has 1 aromatic carbocycles. The fourth-order valence-electron chi connectivity index (χ4n) is 4.61. The van der Waals surface area contributed by atoms with E-state index < -0.39 is 5.91 Å². The van der Waals surface area contributed by atoms with E-state index in [0.29, 0.717) is 29.5 Å². The highest BCUT2D eigenvalue weighted by molar-refractivity contribution is 5.99. The van der Waals surface area contributed by atoms with Crippen LogP contribution in [0.15, 0.2) is 48.7 Å². The average molecular weight is 427 g/mol. The summed E-state index contributed by atoms with van der Waals surface area (Å²) in [5.41, 5.74) is 11.5. The second-order valence-electron chi connectivity index (χ2n) is 8.41. The third kappa shape index (κ3) is 3.49. The first-order valence-electron chi connectivity index (χ1n) is 11.0. The predicted molar refractivity (Wildman–Crippen MR) is 125 cm³/mol. The Labute approximate surface area is 186 Å². The molecule has 3 aromatic heterocycles. The first-order valence-corrected chi connectivity index (χ1v) is 11.0. The first kappa shape index (κ1) is 20.2. The number of rotatable bonds is 5. The van der Waals surface area contributed by atoms with Crippen LogP contribution in [0.5, 0.6) is 0 Å². The Bertz CT molecular complexity index is 1310. The van der Waals surface area contributed by atoms with E-state index in [1.165, 1.54) is 11.1 Å². The van der Waals surface area contributed by atoms with Crippen molar-refractivity contribution in [3.05, 3.63) is 76.7 Å². The lowest BCUT2D eigenvalue weighted by Gasteiger charge is -2.25. The smallest absolute Gasteiger partial charge is 0.252 e. The van der Waals surface area contributed by atoms with Gasteiger partial charge in [-0.25, -0.2) is 15.0 Å². The monoisotopic (exact) mass is 426 g/mol. The maximum Gasteiger partial charge on any atom is 0.252 e. The van der Waals surface area contributed by atoms with Crippen molar-refractivity contribution in [1.82, 2.24) is 19.4 Å². The molecule has 3 heterocycles. The number of anilines is 1. The second-order valence-corrected chi connectivity index (χ2v) is 8.41. The summed E-state index contributed by atoms with van der Waals surface area (Å²) in [4.78, 5) is 26.5. The molecule has 3 N–H and O–H groups in total. The number of amides is 1. The minimum atomic E-state index is -0.502. The quantitative estimate of drug-likeness (QED) is 0.497. The second kappa shape index (κ2) is 8.07. The zero-order valence-corrected chi connectivity index (χ0v) is 18.3. The van der Waals surface area contributed by atoms with Crippen LogP contribution in [0.3, 0.4) is 0 Å². The zero-order valence-electron chi connectivity index (χ0n) is 18.3.